The Hall–Kier alpha value is -1.12. The van der Waals surface area contributed by atoms with E-state index < -0.39 is 0 Å². The summed E-state index contributed by atoms with van der Waals surface area (Å²) in [6, 6.07) is 0. The van der Waals surface area contributed by atoms with Crippen LogP contribution in [0, 0.1) is 0 Å². The summed E-state index contributed by atoms with van der Waals surface area (Å²) in [5, 5.41) is 0. The Morgan fingerprint density at radius 2 is 2.88 bits per heavy atom. The minimum absolute atomic E-state index is 0.108. The summed E-state index contributed by atoms with van der Waals surface area (Å²) < 4.78 is 8.45. The molecule has 1 aromatic rings. The summed E-state index contributed by atoms with van der Waals surface area (Å²) in [6.07, 6.45) is 2.15. The van der Waals surface area contributed by atoms with E-state index in [-0.39, 0.29) is 6.30 Å². The van der Waals surface area contributed by atoms with E-state index in [1.54, 1.807) is 7.05 Å². The number of carbonyl (C=O) groups is 1. The third-order valence-corrected chi connectivity index (χ3v) is 0.913. The number of hydrogen-bond donors (Lipinski definition) is 0. The van der Waals surface area contributed by atoms with Gasteiger partial charge in [-0.2, -0.15) is 0 Å². The predicted octanol–water partition coefficient (Wildman–Crippen LogP) is 0.233. The lowest BCUT2D eigenvalue weighted by molar-refractivity contribution is 0.111. The lowest BCUT2D eigenvalue weighted by atomic mass is 10.5. The van der Waals surface area contributed by atoms with Crippen LogP contribution in [0.25, 0.3) is 0 Å². The first-order valence-electron chi connectivity index (χ1n) is 2.69. The molecular weight excluding hydrogens is 104 g/mol. The fourth-order valence-electron chi connectivity index (χ4n) is 0.435. The van der Waals surface area contributed by atoms with Gasteiger partial charge >= 0.3 is 0 Å². The van der Waals surface area contributed by atoms with Gasteiger partial charge in [-0.3, -0.25) is 4.79 Å². The monoisotopic (exact) mass is 112 g/mol. The molecule has 3 heteroatoms. The van der Waals surface area contributed by atoms with Crippen molar-refractivity contribution in [3.05, 3.63) is 18.2 Å². The molecule has 0 aliphatic heterocycles. The van der Waals surface area contributed by atoms with Crippen molar-refractivity contribution in [2.24, 2.45) is 7.05 Å². The first-order valence-corrected chi connectivity index (χ1v) is 2.19. The molecule has 0 aliphatic carbocycles. The first-order chi connectivity index (χ1) is 4.25. The van der Waals surface area contributed by atoms with Gasteiger partial charge in [-0.05, 0) is 0 Å². The van der Waals surface area contributed by atoms with Crippen molar-refractivity contribution < 1.29 is 6.17 Å². The molecular formula is C5H6N2O. The van der Waals surface area contributed by atoms with Crippen molar-refractivity contribution in [1.29, 1.82) is 0 Å². The van der Waals surface area contributed by atoms with Crippen molar-refractivity contribution in [3.8, 4) is 0 Å². The number of rotatable bonds is 1. The van der Waals surface area contributed by atoms with E-state index in [0.717, 1.165) is 0 Å². The Morgan fingerprint density at radius 3 is 3.12 bits per heavy atom. The standard InChI is InChI=1S/C5H6N2O/c1-7-4-6-2-5(7)3-8/h2-4H,1H3/i4T. The van der Waals surface area contributed by atoms with E-state index in [2.05, 4.69) is 4.98 Å². The maximum Gasteiger partial charge on any atom is 0.168 e. The van der Waals surface area contributed by atoms with E-state index in [1.807, 2.05) is 0 Å². The van der Waals surface area contributed by atoms with Gasteiger partial charge in [-0.1, -0.05) is 0 Å². The van der Waals surface area contributed by atoms with Crippen LogP contribution in [-0.2, 0) is 7.05 Å². The molecule has 0 saturated heterocycles. The fraction of sp³-hybridized carbons (Fsp3) is 0.200. The fourth-order valence-corrected chi connectivity index (χ4v) is 0.435. The number of carbonyl (C=O) groups excluding carboxylic acids is 1. The molecule has 0 amide bonds. The summed E-state index contributed by atoms with van der Waals surface area (Å²) in [5.41, 5.74) is 0.431. The lowest BCUT2D eigenvalue weighted by Gasteiger charge is -1.86. The molecule has 0 spiro atoms. The van der Waals surface area contributed by atoms with Gasteiger partial charge < -0.3 is 4.57 Å². The smallest absolute Gasteiger partial charge is 0.168 e. The molecule has 1 rings (SSSR count). The second-order valence-corrected chi connectivity index (χ2v) is 1.46. The van der Waals surface area contributed by atoms with Crippen LogP contribution < -0.4 is 0 Å². The van der Waals surface area contributed by atoms with Crippen molar-refractivity contribution >= 4 is 6.29 Å². The number of aromatic nitrogens is 2. The summed E-state index contributed by atoms with van der Waals surface area (Å²) in [4.78, 5) is 13.7. The van der Waals surface area contributed by atoms with Gasteiger partial charge in [0.15, 0.2) is 6.29 Å². The van der Waals surface area contributed by atoms with E-state index in [4.69, 9.17) is 1.37 Å². The normalized spacial score (nSPS) is 10.9. The minimum atomic E-state index is 0.108. The average molecular weight is 112 g/mol. The zero-order valence-electron chi connectivity index (χ0n) is 5.46. The van der Waals surface area contributed by atoms with Crippen LogP contribution in [0.5, 0.6) is 0 Å². The third kappa shape index (κ3) is 0.621. The number of hydrogen-bond acceptors (Lipinski definition) is 2. The highest BCUT2D eigenvalue weighted by Gasteiger charge is 1.90. The molecule has 0 atom stereocenters. The van der Waals surface area contributed by atoms with Crippen molar-refractivity contribution in [3.63, 3.8) is 0 Å². The maximum absolute atomic E-state index is 10.1. The zero-order chi connectivity index (χ0) is 6.85. The second kappa shape index (κ2) is 1.78. The highest BCUT2D eigenvalue weighted by molar-refractivity contribution is 5.71. The van der Waals surface area contributed by atoms with Gasteiger partial charge in [-0.15, -0.1) is 0 Å². The number of imidazole rings is 1. The van der Waals surface area contributed by atoms with Gasteiger partial charge in [0.25, 0.3) is 0 Å². The van der Waals surface area contributed by atoms with Crippen molar-refractivity contribution in [2.45, 2.75) is 0 Å². The Bertz CT molecular complexity index is 231. The van der Waals surface area contributed by atoms with Gasteiger partial charge in [0, 0.05) is 7.05 Å². The minimum Gasteiger partial charge on any atom is -0.332 e. The summed E-state index contributed by atoms with van der Waals surface area (Å²) in [6.45, 7) is 0. The number of nitrogens with zero attached hydrogens (tertiary/aromatic N) is 2. The SMILES string of the molecule is [3H]c1ncc(C=O)n1C. The van der Waals surface area contributed by atoms with Gasteiger partial charge in [0.2, 0.25) is 0 Å². The largest absolute Gasteiger partial charge is 0.332 e. The van der Waals surface area contributed by atoms with Gasteiger partial charge in [0.1, 0.15) is 7.06 Å². The second-order valence-electron chi connectivity index (χ2n) is 1.46. The molecule has 0 bridgehead atoms. The highest BCUT2D eigenvalue weighted by atomic mass is 16.1. The van der Waals surface area contributed by atoms with E-state index in [0.29, 0.717) is 12.0 Å². The lowest BCUT2D eigenvalue weighted by Crippen LogP contribution is -1.90. The summed E-state index contributed by atoms with van der Waals surface area (Å²) in [7, 11) is 1.62. The number of aldehydes is 1. The molecule has 0 aliphatic rings. The van der Waals surface area contributed by atoms with Crippen LogP contribution in [0.15, 0.2) is 12.5 Å². The third-order valence-electron chi connectivity index (χ3n) is 0.913. The van der Waals surface area contributed by atoms with E-state index in [9.17, 15) is 4.79 Å². The van der Waals surface area contributed by atoms with E-state index in [1.165, 1.54) is 10.8 Å². The predicted molar refractivity (Wildman–Crippen MR) is 28.6 cm³/mol. The molecule has 3 nitrogen and oxygen atoms in total. The van der Waals surface area contributed by atoms with Gasteiger partial charge in [-0.25, -0.2) is 4.98 Å². The van der Waals surface area contributed by atoms with Crippen LogP contribution in [-0.4, -0.2) is 15.8 Å². The first kappa shape index (κ1) is 3.83. The Morgan fingerprint density at radius 1 is 2.12 bits per heavy atom. The molecule has 8 heavy (non-hydrogen) atoms. The molecule has 0 radical (unpaired) electrons. The Labute approximate surface area is 48.4 Å². The van der Waals surface area contributed by atoms with E-state index >= 15 is 0 Å². The van der Waals surface area contributed by atoms with Crippen LogP contribution in [0.1, 0.15) is 11.9 Å². The summed E-state index contributed by atoms with van der Waals surface area (Å²) >= 11 is 0. The molecule has 0 N–H and O–H groups in total. The van der Waals surface area contributed by atoms with Crippen LogP contribution >= 0.6 is 0 Å². The van der Waals surface area contributed by atoms with Crippen LogP contribution in [0.3, 0.4) is 0 Å². The Balaban J connectivity index is 3.18. The molecule has 0 aromatic carbocycles. The van der Waals surface area contributed by atoms with Crippen molar-refractivity contribution in [1.82, 2.24) is 9.55 Å². The van der Waals surface area contributed by atoms with Crippen molar-refractivity contribution in [2.75, 3.05) is 0 Å². The van der Waals surface area contributed by atoms with Gasteiger partial charge in [0.05, 0.1) is 12.5 Å². The molecule has 1 aromatic heterocycles. The molecule has 0 fully saturated rings. The molecule has 42 valence electrons. The quantitative estimate of drug-likeness (QED) is 0.487. The maximum atomic E-state index is 10.1. The molecule has 1 heterocycles. The molecule has 0 unspecified atom stereocenters. The van der Waals surface area contributed by atoms with Crippen LogP contribution in [0.2, 0.25) is 0 Å². The highest BCUT2D eigenvalue weighted by Crippen LogP contribution is 1.88. The molecule has 0 saturated carbocycles. The Kier molecular flexibility index (Phi) is 0.850. The zero-order valence-corrected chi connectivity index (χ0v) is 4.46. The average Bonchev–Trinajstić information content (AvgIpc) is 2.15. The topological polar surface area (TPSA) is 34.9 Å². The van der Waals surface area contributed by atoms with Crippen LogP contribution in [0.4, 0.5) is 0 Å². The summed E-state index contributed by atoms with van der Waals surface area (Å²) in [5.74, 6) is 0.